The Hall–Kier alpha value is -2.57. The summed E-state index contributed by atoms with van der Waals surface area (Å²) in [6.07, 6.45) is 0.508. The van der Waals surface area contributed by atoms with Crippen LogP contribution in [0.5, 0.6) is 5.75 Å². The maximum atomic E-state index is 11.7. The normalized spacial score (nSPS) is 10.3. The van der Waals surface area contributed by atoms with Crippen molar-refractivity contribution in [2.45, 2.75) is 26.8 Å². The van der Waals surface area contributed by atoms with Gasteiger partial charge in [-0.15, -0.1) is 0 Å². The zero-order valence-electron chi connectivity index (χ0n) is 12.8. The predicted molar refractivity (Wildman–Crippen MR) is 80.6 cm³/mol. The highest BCUT2D eigenvalue weighted by atomic mass is 16.5. The van der Waals surface area contributed by atoms with Gasteiger partial charge in [-0.05, 0) is 31.5 Å². The first-order valence-electron chi connectivity index (χ1n) is 7.20. The van der Waals surface area contributed by atoms with Gasteiger partial charge in [0.05, 0.1) is 6.61 Å². The van der Waals surface area contributed by atoms with E-state index in [1.165, 1.54) is 0 Å². The van der Waals surface area contributed by atoms with Gasteiger partial charge in [0.1, 0.15) is 5.75 Å². The molecule has 22 heavy (non-hydrogen) atoms. The average molecular weight is 304 g/mol. The molecule has 1 aromatic heterocycles. The van der Waals surface area contributed by atoms with Crippen LogP contribution in [0.3, 0.4) is 0 Å². The van der Waals surface area contributed by atoms with Crippen LogP contribution in [0.15, 0.2) is 28.8 Å². The highest BCUT2D eigenvalue weighted by molar-refractivity contribution is 5.73. The van der Waals surface area contributed by atoms with E-state index in [1.807, 2.05) is 31.2 Å². The number of aromatic nitrogens is 2. The molecular weight excluding hydrogens is 284 g/mol. The second-order valence-corrected chi connectivity index (χ2v) is 4.68. The summed E-state index contributed by atoms with van der Waals surface area (Å²) in [4.78, 5) is 15.8. The van der Waals surface area contributed by atoms with Crippen molar-refractivity contribution >= 4 is 6.03 Å². The van der Waals surface area contributed by atoms with Gasteiger partial charge >= 0.3 is 6.03 Å². The van der Waals surface area contributed by atoms with Crippen LogP contribution < -0.4 is 15.4 Å². The van der Waals surface area contributed by atoms with Crippen molar-refractivity contribution in [3.8, 4) is 5.75 Å². The van der Waals surface area contributed by atoms with Crippen LogP contribution in [0.2, 0.25) is 0 Å². The molecule has 0 atom stereocenters. The van der Waals surface area contributed by atoms with Gasteiger partial charge in [0, 0.05) is 19.5 Å². The first-order chi connectivity index (χ1) is 10.7. The number of carbonyl (C=O) groups excluding carboxylic acids is 1. The number of ether oxygens (including phenoxy) is 1. The predicted octanol–water partition coefficient (Wildman–Crippen LogP) is 1.82. The van der Waals surface area contributed by atoms with Gasteiger partial charge < -0.3 is 19.9 Å². The van der Waals surface area contributed by atoms with Crippen molar-refractivity contribution in [2.75, 3.05) is 13.2 Å². The summed E-state index contributed by atoms with van der Waals surface area (Å²) in [6, 6.07) is 7.39. The number of aryl methyl sites for hydroxylation is 1. The molecule has 0 spiro atoms. The lowest BCUT2D eigenvalue weighted by Gasteiger charge is -2.08. The molecule has 2 N–H and O–H groups in total. The van der Waals surface area contributed by atoms with Crippen LogP contribution in [-0.4, -0.2) is 29.3 Å². The van der Waals surface area contributed by atoms with Gasteiger partial charge in [0.25, 0.3) is 0 Å². The third-order valence-corrected chi connectivity index (χ3v) is 2.86. The number of carbonyl (C=O) groups is 1. The molecular formula is C15H20N4O3. The van der Waals surface area contributed by atoms with Gasteiger partial charge in [-0.1, -0.05) is 17.3 Å². The summed E-state index contributed by atoms with van der Waals surface area (Å²) < 4.78 is 10.4. The lowest BCUT2D eigenvalue weighted by atomic mass is 10.2. The minimum atomic E-state index is -0.238. The molecule has 2 amide bonds. The van der Waals surface area contributed by atoms with Crippen LogP contribution in [-0.2, 0) is 13.0 Å². The number of urea groups is 1. The lowest BCUT2D eigenvalue weighted by Crippen LogP contribution is -2.36. The molecule has 0 saturated carbocycles. The molecule has 0 saturated heterocycles. The summed E-state index contributed by atoms with van der Waals surface area (Å²) in [5.74, 6) is 1.91. The standard InChI is InChI=1S/C15H20N4O3/c1-3-21-13-6-4-5-12(9-13)10-17-15(20)16-8-7-14-18-11(2)19-22-14/h4-6,9H,3,7-8,10H2,1-2H3,(H2,16,17,20). The second-order valence-electron chi connectivity index (χ2n) is 4.68. The SMILES string of the molecule is CCOc1cccc(CNC(=O)NCCc2nc(C)no2)c1. The Morgan fingerprint density at radius 3 is 2.95 bits per heavy atom. The molecule has 0 aliphatic heterocycles. The molecule has 0 fully saturated rings. The van der Waals surface area contributed by atoms with Crippen molar-refractivity contribution in [3.63, 3.8) is 0 Å². The molecule has 1 heterocycles. The fraction of sp³-hybridized carbons (Fsp3) is 0.400. The van der Waals surface area contributed by atoms with Crippen molar-refractivity contribution in [2.24, 2.45) is 0 Å². The number of rotatable bonds is 7. The van der Waals surface area contributed by atoms with Crippen LogP contribution in [0.1, 0.15) is 24.2 Å². The van der Waals surface area contributed by atoms with E-state index >= 15 is 0 Å². The van der Waals surface area contributed by atoms with E-state index in [2.05, 4.69) is 20.8 Å². The van der Waals surface area contributed by atoms with E-state index in [1.54, 1.807) is 6.92 Å². The van der Waals surface area contributed by atoms with Gasteiger partial charge in [-0.2, -0.15) is 4.98 Å². The Kier molecular flexibility index (Phi) is 5.76. The Bertz CT molecular complexity index is 612. The largest absolute Gasteiger partial charge is 0.494 e. The van der Waals surface area contributed by atoms with Crippen molar-refractivity contribution < 1.29 is 14.1 Å². The first-order valence-corrected chi connectivity index (χ1v) is 7.20. The number of hydrogen-bond donors (Lipinski definition) is 2. The van der Waals surface area contributed by atoms with Crippen LogP contribution in [0.4, 0.5) is 4.79 Å². The Morgan fingerprint density at radius 1 is 1.36 bits per heavy atom. The van der Waals surface area contributed by atoms with Gasteiger partial charge in [-0.25, -0.2) is 4.79 Å². The third-order valence-electron chi connectivity index (χ3n) is 2.86. The van der Waals surface area contributed by atoms with E-state index in [4.69, 9.17) is 9.26 Å². The Morgan fingerprint density at radius 2 is 2.23 bits per heavy atom. The summed E-state index contributed by atoms with van der Waals surface area (Å²) in [5.41, 5.74) is 0.980. The van der Waals surface area contributed by atoms with E-state index in [9.17, 15) is 4.79 Å². The molecule has 2 rings (SSSR count). The fourth-order valence-corrected chi connectivity index (χ4v) is 1.88. The molecule has 118 valence electrons. The highest BCUT2D eigenvalue weighted by Crippen LogP contribution is 2.12. The molecule has 0 bridgehead atoms. The molecule has 7 heteroatoms. The Labute approximate surface area is 129 Å². The monoisotopic (exact) mass is 304 g/mol. The van der Waals surface area contributed by atoms with Gasteiger partial charge in [-0.3, -0.25) is 0 Å². The topological polar surface area (TPSA) is 89.3 Å². The molecule has 0 aliphatic rings. The number of benzene rings is 1. The molecule has 7 nitrogen and oxygen atoms in total. The fourth-order valence-electron chi connectivity index (χ4n) is 1.88. The molecule has 0 unspecified atom stereocenters. The summed E-state index contributed by atoms with van der Waals surface area (Å²) in [5, 5.41) is 9.22. The second kappa shape index (κ2) is 8.02. The summed E-state index contributed by atoms with van der Waals surface area (Å²) in [6.45, 7) is 5.18. The molecule has 2 aromatic rings. The average Bonchev–Trinajstić information content (AvgIpc) is 2.91. The Balaban J connectivity index is 1.70. The smallest absolute Gasteiger partial charge is 0.315 e. The van der Waals surface area contributed by atoms with E-state index in [0.717, 1.165) is 11.3 Å². The van der Waals surface area contributed by atoms with Gasteiger partial charge in [0.15, 0.2) is 5.82 Å². The molecule has 1 aromatic carbocycles. The highest BCUT2D eigenvalue weighted by Gasteiger charge is 2.05. The minimum Gasteiger partial charge on any atom is -0.494 e. The zero-order valence-corrected chi connectivity index (χ0v) is 12.8. The van der Waals surface area contributed by atoms with Crippen LogP contribution in [0.25, 0.3) is 0 Å². The molecule has 0 radical (unpaired) electrons. The third kappa shape index (κ3) is 5.08. The minimum absolute atomic E-state index is 0.238. The van der Waals surface area contributed by atoms with Crippen molar-refractivity contribution in [1.29, 1.82) is 0 Å². The van der Waals surface area contributed by atoms with E-state index in [0.29, 0.717) is 37.8 Å². The molecule has 0 aliphatic carbocycles. The van der Waals surface area contributed by atoms with Crippen LogP contribution >= 0.6 is 0 Å². The van der Waals surface area contributed by atoms with Crippen molar-refractivity contribution in [3.05, 3.63) is 41.5 Å². The summed E-state index contributed by atoms with van der Waals surface area (Å²) >= 11 is 0. The zero-order chi connectivity index (χ0) is 15.8. The maximum absolute atomic E-state index is 11.7. The number of hydrogen-bond acceptors (Lipinski definition) is 5. The number of nitrogens with zero attached hydrogens (tertiary/aromatic N) is 2. The lowest BCUT2D eigenvalue weighted by molar-refractivity contribution is 0.240. The van der Waals surface area contributed by atoms with Crippen molar-refractivity contribution in [1.82, 2.24) is 20.8 Å². The maximum Gasteiger partial charge on any atom is 0.315 e. The van der Waals surface area contributed by atoms with E-state index in [-0.39, 0.29) is 6.03 Å². The van der Waals surface area contributed by atoms with Crippen LogP contribution in [0, 0.1) is 6.92 Å². The number of amides is 2. The van der Waals surface area contributed by atoms with E-state index < -0.39 is 0 Å². The summed E-state index contributed by atoms with van der Waals surface area (Å²) in [7, 11) is 0. The number of nitrogens with one attached hydrogen (secondary N) is 2. The quantitative estimate of drug-likeness (QED) is 0.814. The van der Waals surface area contributed by atoms with Gasteiger partial charge in [0.2, 0.25) is 5.89 Å². The first kappa shape index (κ1) is 15.8.